The topological polar surface area (TPSA) is 31.0 Å². The molecule has 2 saturated heterocycles. The minimum atomic E-state index is -0.439. The summed E-state index contributed by atoms with van der Waals surface area (Å²) in [7, 11) is 0. The summed E-state index contributed by atoms with van der Waals surface area (Å²) >= 11 is 0. The highest BCUT2D eigenvalue weighted by Crippen LogP contribution is 2.70. The minimum absolute atomic E-state index is 0.233. The van der Waals surface area contributed by atoms with Gasteiger partial charge in [-0.2, -0.15) is 0 Å². The van der Waals surface area contributed by atoms with Gasteiger partial charge < -0.3 is 14.2 Å². The summed E-state index contributed by atoms with van der Waals surface area (Å²) in [6, 6.07) is 0. The van der Waals surface area contributed by atoms with Crippen molar-refractivity contribution in [1.82, 2.24) is 0 Å². The highest BCUT2D eigenvalue weighted by Gasteiger charge is 2.67. The summed E-state index contributed by atoms with van der Waals surface area (Å²) in [6.07, 6.45) is 11.3. The van der Waals surface area contributed by atoms with Crippen LogP contribution in [0.2, 0.25) is 0 Å². The summed E-state index contributed by atoms with van der Waals surface area (Å²) in [5.74, 6) is 3.12. The maximum absolute atomic E-state index is 6.32. The van der Waals surface area contributed by atoms with Crippen LogP contribution in [0.1, 0.15) is 65.2 Å². The summed E-state index contributed by atoms with van der Waals surface area (Å²) in [6.45, 7) is 12.3. The van der Waals surface area contributed by atoms with Gasteiger partial charge in [0.2, 0.25) is 0 Å². The van der Waals surface area contributed by atoms with Crippen LogP contribution in [0.4, 0.5) is 0 Å². The van der Waals surface area contributed by atoms with Gasteiger partial charge >= 0.3 is 0 Å². The molecule has 3 heteroatoms. The van der Waals surface area contributed by atoms with Crippen molar-refractivity contribution < 1.29 is 14.2 Å². The Bertz CT molecular complexity index is 648. The Kier molecular flexibility index (Phi) is 3.63. The van der Waals surface area contributed by atoms with E-state index in [1.54, 1.807) is 0 Å². The van der Waals surface area contributed by atoms with E-state index in [-0.39, 0.29) is 17.4 Å². The number of rotatable bonds is 1. The Morgan fingerprint density at radius 2 is 1.74 bits per heavy atom. The Morgan fingerprint density at radius 3 is 2.48 bits per heavy atom. The van der Waals surface area contributed by atoms with E-state index in [4.69, 9.17) is 20.8 Å². The van der Waals surface area contributed by atoms with Crippen molar-refractivity contribution in [2.24, 2.45) is 40.4 Å². The van der Waals surface area contributed by atoms with Crippen molar-refractivity contribution in [2.75, 3.05) is 19.8 Å². The van der Waals surface area contributed by atoms with Gasteiger partial charge in [-0.1, -0.05) is 32.4 Å². The van der Waals surface area contributed by atoms with Crippen LogP contribution in [0.25, 0.3) is 0 Å². The van der Waals surface area contributed by atoms with Gasteiger partial charge in [0.15, 0.2) is 5.79 Å². The van der Waals surface area contributed by atoms with Crippen molar-refractivity contribution >= 4 is 0 Å². The lowest BCUT2D eigenvalue weighted by molar-refractivity contribution is -0.240. The van der Waals surface area contributed by atoms with Gasteiger partial charge in [-0.05, 0) is 73.0 Å². The second-order valence-electron chi connectivity index (χ2n) is 11.1. The van der Waals surface area contributed by atoms with Gasteiger partial charge in [0, 0.05) is 6.42 Å². The molecule has 0 radical (unpaired) electrons. The first-order valence-corrected chi connectivity index (χ1v) is 11.6. The predicted molar refractivity (Wildman–Crippen MR) is 104 cm³/mol. The fraction of sp³-hybridized carbons (Fsp3) is 0.917. The molecular weight excluding hydrogens is 336 g/mol. The Labute approximate surface area is 164 Å². The normalized spacial score (nSPS) is 55.9. The average molecular weight is 373 g/mol. The van der Waals surface area contributed by atoms with Crippen molar-refractivity contribution in [3.8, 4) is 0 Å². The molecule has 0 aromatic heterocycles. The van der Waals surface area contributed by atoms with Gasteiger partial charge in [-0.3, -0.25) is 0 Å². The minimum Gasteiger partial charge on any atom is -0.372 e. The molecule has 2 unspecified atom stereocenters. The number of hydrogen-bond donors (Lipinski definition) is 0. The van der Waals surface area contributed by atoms with Crippen LogP contribution >= 0.6 is 0 Å². The van der Waals surface area contributed by atoms with Gasteiger partial charge in [0.25, 0.3) is 0 Å². The zero-order valence-electron chi connectivity index (χ0n) is 17.2. The zero-order valence-corrected chi connectivity index (χ0v) is 17.2. The van der Waals surface area contributed by atoms with E-state index in [1.807, 2.05) is 0 Å². The molecule has 6 rings (SSSR count). The molecule has 150 valence electrons. The quantitative estimate of drug-likeness (QED) is 0.482. The molecule has 4 saturated carbocycles. The summed E-state index contributed by atoms with van der Waals surface area (Å²) in [4.78, 5) is 0. The third kappa shape index (κ3) is 2.20. The molecule has 0 amide bonds. The maximum Gasteiger partial charge on any atom is 0.177 e. The molecule has 0 aromatic rings. The highest BCUT2D eigenvalue weighted by atomic mass is 16.7. The Balaban J connectivity index is 1.38. The molecule has 0 bridgehead atoms. The van der Waals surface area contributed by atoms with E-state index >= 15 is 0 Å². The van der Waals surface area contributed by atoms with Crippen LogP contribution in [0.3, 0.4) is 0 Å². The second kappa shape index (κ2) is 5.61. The summed E-state index contributed by atoms with van der Waals surface area (Å²) in [5, 5.41) is 0. The monoisotopic (exact) mass is 372 g/mol. The Hall–Kier alpha value is -0.380. The molecule has 2 heterocycles. The van der Waals surface area contributed by atoms with E-state index in [9.17, 15) is 0 Å². The largest absolute Gasteiger partial charge is 0.372 e. The van der Waals surface area contributed by atoms with Crippen molar-refractivity contribution in [3.63, 3.8) is 0 Å². The standard InChI is InChI=1S/C24H36O3/c1-15-21(20-14-25-20)24(26-11-12-27-24)13-16-6-7-17-18-5-4-9-22(18,2)10-8-19(17)23(15,16)3/h16-21H,1,4-14H2,2-3H3/t16-,17-,18-,19-,20?,21?,22-,23-/m0/s1. The van der Waals surface area contributed by atoms with Gasteiger partial charge in [-0.25, -0.2) is 0 Å². The third-order valence-electron chi connectivity index (χ3n) is 10.3. The van der Waals surface area contributed by atoms with E-state index in [0.717, 1.165) is 44.0 Å². The van der Waals surface area contributed by atoms with Crippen LogP contribution < -0.4 is 0 Å². The number of fused-ring (bicyclic) bond motifs is 5. The van der Waals surface area contributed by atoms with E-state index in [0.29, 0.717) is 11.3 Å². The molecule has 4 aliphatic carbocycles. The Morgan fingerprint density at radius 1 is 0.963 bits per heavy atom. The number of epoxide rings is 1. The summed E-state index contributed by atoms with van der Waals surface area (Å²) < 4.78 is 18.5. The highest BCUT2D eigenvalue weighted by molar-refractivity contribution is 5.29. The molecule has 27 heavy (non-hydrogen) atoms. The molecule has 6 aliphatic rings. The SMILES string of the molecule is C=C1C(C2CO2)C2(C[C@@H]3CC[C@H]4[C@@H]5CCC[C@@]5(C)CC[C@@H]4[C@@]13C)OCCO2. The summed E-state index contributed by atoms with van der Waals surface area (Å²) in [5.41, 5.74) is 2.28. The van der Waals surface area contributed by atoms with E-state index < -0.39 is 5.79 Å². The average Bonchev–Trinajstić information content (AvgIpc) is 3.22. The number of ether oxygens (including phenoxy) is 3. The third-order valence-corrected chi connectivity index (χ3v) is 10.3. The predicted octanol–water partition coefficient (Wildman–Crippen LogP) is 4.95. The van der Waals surface area contributed by atoms with Gasteiger partial charge in [-0.15, -0.1) is 0 Å². The maximum atomic E-state index is 6.32. The van der Waals surface area contributed by atoms with Crippen molar-refractivity contribution in [1.29, 1.82) is 0 Å². The van der Waals surface area contributed by atoms with Gasteiger partial charge in [0.05, 0.1) is 31.8 Å². The molecule has 1 spiro atoms. The lowest BCUT2D eigenvalue weighted by Crippen LogP contribution is -2.60. The lowest BCUT2D eigenvalue weighted by Gasteiger charge is -2.63. The van der Waals surface area contributed by atoms with Crippen molar-refractivity contribution in [2.45, 2.75) is 77.1 Å². The molecule has 0 N–H and O–H groups in total. The first kappa shape index (κ1) is 17.5. The smallest absolute Gasteiger partial charge is 0.177 e. The van der Waals surface area contributed by atoms with Crippen LogP contribution in [-0.2, 0) is 14.2 Å². The number of hydrogen-bond acceptors (Lipinski definition) is 3. The first-order chi connectivity index (χ1) is 13.0. The van der Waals surface area contributed by atoms with Crippen LogP contribution in [-0.4, -0.2) is 31.7 Å². The van der Waals surface area contributed by atoms with Crippen LogP contribution in [0.5, 0.6) is 0 Å². The molecule has 8 atom stereocenters. The van der Waals surface area contributed by atoms with E-state index in [1.165, 1.54) is 50.5 Å². The first-order valence-electron chi connectivity index (χ1n) is 11.6. The van der Waals surface area contributed by atoms with Crippen LogP contribution in [0.15, 0.2) is 12.2 Å². The molecule has 0 aromatic carbocycles. The van der Waals surface area contributed by atoms with Crippen LogP contribution in [0, 0.1) is 40.4 Å². The fourth-order valence-electron chi connectivity index (χ4n) is 8.83. The molecule has 2 aliphatic heterocycles. The molecule has 6 fully saturated rings. The zero-order chi connectivity index (χ0) is 18.4. The molecule has 3 nitrogen and oxygen atoms in total. The van der Waals surface area contributed by atoms with Gasteiger partial charge in [0.1, 0.15) is 0 Å². The lowest BCUT2D eigenvalue weighted by atomic mass is 9.42. The fourth-order valence-corrected chi connectivity index (χ4v) is 8.83. The van der Waals surface area contributed by atoms with E-state index in [2.05, 4.69) is 13.8 Å². The van der Waals surface area contributed by atoms with Crippen molar-refractivity contribution in [3.05, 3.63) is 12.2 Å². The molecular formula is C24H36O3. The second-order valence-corrected chi connectivity index (χ2v) is 11.1.